The van der Waals surface area contributed by atoms with E-state index in [2.05, 4.69) is 50.3 Å². The second-order valence-electron chi connectivity index (χ2n) is 3.41. The standard InChI is InChI=1S/C11H12BrN3/c1-8-2-3-10(12)11(4-8)14-6-9-5-13-7-15-9/h2-5,7,14H,6H2,1H3,(H,13,15). The van der Waals surface area contributed by atoms with Crippen molar-refractivity contribution in [2.24, 2.45) is 0 Å². The first kappa shape index (κ1) is 10.2. The fourth-order valence-electron chi connectivity index (χ4n) is 1.35. The van der Waals surface area contributed by atoms with Crippen LogP contribution in [0.2, 0.25) is 0 Å². The van der Waals surface area contributed by atoms with E-state index in [0.717, 1.165) is 22.4 Å². The van der Waals surface area contributed by atoms with Gasteiger partial charge in [0, 0.05) is 16.4 Å². The number of hydrogen-bond donors (Lipinski definition) is 2. The minimum atomic E-state index is 0.752. The number of halogens is 1. The highest BCUT2D eigenvalue weighted by molar-refractivity contribution is 9.10. The Morgan fingerprint density at radius 2 is 2.33 bits per heavy atom. The first-order valence-corrected chi connectivity index (χ1v) is 5.52. The molecule has 15 heavy (non-hydrogen) atoms. The highest BCUT2D eigenvalue weighted by atomic mass is 79.9. The third-order valence-electron chi connectivity index (χ3n) is 2.15. The molecule has 0 fully saturated rings. The summed E-state index contributed by atoms with van der Waals surface area (Å²) in [5.74, 6) is 0. The van der Waals surface area contributed by atoms with Gasteiger partial charge in [0.25, 0.3) is 0 Å². The summed E-state index contributed by atoms with van der Waals surface area (Å²) in [5, 5.41) is 3.34. The van der Waals surface area contributed by atoms with Crippen molar-refractivity contribution in [3.8, 4) is 0 Å². The van der Waals surface area contributed by atoms with Crippen molar-refractivity contribution >= 4 is 21.6 Å². The van der Waals surface area contributed by atoms with Crippen LogP contribution in [0, 0.1) is 6.92 Å². The normalized spacial score (nSPS) is 10.3. The van der Waals surface area contributed by atoms with Crippen molar-refractivity contribution < 1.29 is 0 Å². The van der Waals surface area contributed by atoms with Crippen molar-refractivity contribution in [2.45, 2.75) is 13.5 Å². The van der Waals surface area contributed by atoms with Gasteiger partial charge in [-0.1, -0.05) is 6.07 Å². The van der Waals surface area contributed by atoms with Crippen LogP contribution >= 0.6 is 15.9 Å². The zero-order valence-electron chi connectivity index (χ0n) is 8.42. The Bertz CT molecular complexity index is 437. The van der Waals surface area contributed by atoms with E-state index in [1.54, 1.807) is 6.33 Å². The second kappa shape index (κ2) is 4.49. The molecule has 0 saturated carbocycles. The van der Waals surface area contributed by atoms with Crippen LogP contribution in [-0.4, -0.2) is 9.97 Å². The lowest BCUT2D eigenvalue weighted by Gasteiger charge is -2.08. The van der Waals surface area contributed by atoms with E-state index in [-0.39, 0.29) is 0 Å². The first-order valence-electron chi connectivity index (χ1n) is 4.73. The van der Waals surface area contributed by atoms with Gasteiger partial charge in [-0.25, -0.2) is 4.98 Å². The summed E-state index contributed by atoms with van der Waals surface area (Å²) in [6.45, 7) is 2.83. The lowest BCUT2D eigenvalue weighted by molar-refractivity contribution is 1.07. The van der Waals surface area contributed by atoms with Gasteiger partial charge in [0.05, 0.1) is 18.6 Å². The van der Waals surface area contributed by atoms with Gasteiger partial charge in [-0.3, -0.25) is 0 Å². The number of anilines is 1. The molecule has 1 aromatic carbocycles. The predicted molar refractivity (Wildman–Crippen MR) is 64.8 cm³/mol. The van der Waals surface area contributed by atoms with Gasteiger partial charge in [-0.2, -0.15) is 0 Å². The van der Waals surface area contributed by atoms with Crippen LogP contribution < -0.4 is 5.32 Å². The number of aryl methyl sites for hydroxylation is 1. The molecule has 0 bridgehead atoms. The summed E-state index contributed by atoms with van der Waals surface area (Å²) in [5.41, 5.74) is 3.42. The lowest BCUT2D eigenvalue weighted by atomic mass is 10.2. The Morgan fingerprint density at radius 3 is 3.07 bits per heavy atom. The summed E-state index contributed by atoms with van der Waals surface area (Å²) in [4.78, 5) is 7.02. The summed E-state index contributed by atoms with van der Waals surface area (Å²) < 4.78 is 1.08. The molecule has 0 aliphatic heterocycles. The molecule has 3 nitrogen and oxygen atoms in total. The second-order valence-corrected chi connectivity index (χ2v) is 4.27. The fraction of sp³-hybridized carbons (Fsp3) is 0.182. The number of aromatic nitrogens is 2. The number of nitrogens with one attached hydrogen (secondary N) is 2. The van der Waals surface area contributed by atoms with Gasteiger partial charge in [-0.05, 0) is 40.5 Å². The molecule has 2 rings (SSSR count). The number of H-pyrrole nitrogens is 1. The Hall–Kier alpha value is -1.29. The molecule has 1 heterocycles. The average Bonchev–Trinajstić information content (AvgIpc) is 2.72. The predicted octanol–water partition coefficient (Wildman–Crippen LogP) is 3.09. The largest absolute Gasteiger partial charge is 0.378 e. The van der Waals surface area contributed by atoms with Gasteiger partial charge >= 0.3 is 0 Å². The number of rotatable bonds is 3. The Morgan fingerprint density at radius 1 is 1.47 bits per heavy atom. The quantitative estimate of drug-likeness (QED) is 0.896. The average molecular weight is 266 g/mol. The molecule has 4 heteroatoms. The van der Waals surface area contributed by atoms with E-state index in [0.29, 0.717) is 0 Å². The Kier molecular flexibility index (Phi) is 3.06. The monoisotopic (exact) mass is 265 g/mol. The number of hydrogen-bond acceptors (Lipinski definition) is 2. The van der Waals surface area contributed by atoms with Crippen LogP contribution in [0.3, 0.4) is 0 Å². The zero-order chi connectivity index (χ0) is 10.7. The van der Waals surface area contributed by atoms with Crippen molar-refractivity contribution in [2.75, 3.05) is 5.32 Å². The highest BCUT2D eigenvalue weighted by Crippen LogP contribution is 2.23. The molecule has 2 N–H and O–H groups in total. The smallest absolute Gasteiger partial charge is 0.0922 e. The third-order valence-corrected chi connectivity index (χ3v) is 2.84. The number of aromatic amines is 1. The molecular weight excluding hydrogens is 254 g/mol. The van der Waals surface area contributed by atoms with Crippen LogP contribution in [0.4, 0.5) is 5.69 Å². The third kappa shape index (κ3) is 2.59. The van der Waals surface area contributed by atoms with Crippen LogP contribution in [0.1, 0.15) is 11.3 Å². The number of nitrogens with zero attached hydrogens (tertiary/aromatic N) is 1. The minimum absolute atomic E-state index is 0.752. The Labute approximate surface area is 97.1 Å². The molecule has 0 spiro atoms. The van der Waals surface area contributed by atoms with Gasteiger partial charge in [0.1, 0.15) is 0 Å². The minimum Gasteiger partial charge on any atom is -0.378 e. The summed E-state index contributed by atoms with van der Waals surface area (Å²) in [7, 11) is 0. The molecule has 2 aromatic rings. The molecule has 0 saturated heterocycles. The van der Waals surface area contributed by atoms with Gasteiger partial charge < -0.3 is 10.3 Å². The van der Waals surface area contributed by atoms with E-state index in [9.17, 15) is 0 Å². The first-order chi connectivity index (χ1) is 7.25. The molecule has 0 aliphatic rings. The van der Waals surface area contributed by atoms with Crippen LogP contribution in [0.15, 0.2) is 35.2 Å². The maximum absolute atomic E-state index is 3.97. The van der Waals surface area contributed by atoms with E-state index in [4.69, 9.17) is 0 Å². The topological polar surface area (TPSA) is 40.7 Å². The summed E-state index contributed by atoms with van der Waals surface area (Å²) in [6.07, 6.45) is 3.50. The molecule has 0 aliphatic carbocycles. The molecule has 0 atom stereocenters. The van der Waals surface area contributed by atoms with Crippen molar-refractivity contribution in [1.29, 1.82) is 0 Å². The van der Waals surface area contributed by atoms with E-state index in [1.165, 1.54) is 5.56 Å². The molecule has 0 radical (unpaired) electrons. The number of imidazole rings is 1. The van der Waals surface area contributed by atoms with Crippen molar-refractivity contribution in [1.82, 2.24) is 9.97 Å². The zero-order valence-corrected chi connectivity index (χ0v) is 10.0. The molecule has 1 aromatic heterocycles. The SMILES string of the molecule is Cc1ccc(Br)c(NCc2cnc[nH]2)c1. The maximum Gasteiger partial charge on any atom is 0.0922 e. The van der Waals surface area contributed by atoms with Crippen LogP contribution in [0.25, 0.3) is 0 Å². The van der Waals surface area contributed by atoms with E-state index in [1.807, 2.05) is 12.3 Å². The van der Waals surface area contributed by atoms with E-state index < -0.39 is 0 Å². The fourth-order valence-corrected chi connectivity index (χ4v) is 1.73. The van der Waals surface area contributed by atoms with Crippen LogP contribution in [-0.2, 0) is 6.54 Å². The maximum atomic E-state index is 3.97. The Balaban J connectivity index is 2.07. The molecule has 78 valence electrons. The van der Waals surface area contributed by atoms with Crippen LogP contribution in [0.5, 0.6) is 0 Å². The van der Waals surface area contributed by atoms with Gasteiger partial charge in [0.15, 0.2) is 0 Å². The summed E-state index contributed by atoms with van der Waals surface area (Å²) in [6, 6.07) is 6.23. The molecule has 0 amide bonds. The molecule has 0 unspecified atom stereocenters. The molecular formula is C11H12BrN3. The van der Waals surface area contributed by atoms with Crippen molar-refractivity contribution in [3.05, 3.63) is 46.5 Å². The van der Waals surface area contributed by atoms with Crippen molar-refractivity contribution in [3.63, 3.8) is 0 Å². The van der Waals surface area contributed by atoms with Gasteiger partial charge in [0.2, 0.25) is 0 Å². The van der Waals surface area contributed by atoms with E-state index >= 15 is 0 Å². The lowest BCUT2D eigenvalue weighted by Crippen LogP contribution is -2.00. The number of benzene rings is 1. The van der Waals surface area contributed by atoms with Gasteiger partial charge in [-0.15, -0.1) is 0 Å². The summed E-state index contributed by atoms with van der Waals surface area (Å²) >= 11 is 3.51. The highest BCUT2D eigenvalue weighted by Gasteiger charge is 2.00.